The molecule has 1 aromatic carbocycles. The fourth-order valence-electron chi connectivity index (χ4n) is 1.25. The average Bonchev–Trinajstić information content (AvgIpc) is 2.27. The topological polar surface area (TPSA) is 0 Å². The molecule has 0 saturated heterocycles. The second-order valence-electron chi connectivity index (χ2n) is 4.58. The average molecular weight is 200 g/mol. The molecule has 80 valence electrons. The predicted octanol–water partition coefficient (Wildman–Crippen LogP) is 4.55. The maximum Gasteiger partial charge on any atom is -0.0117 e. The number of benzene rings is 1. The second kappa shape index (κ2) is 4.97. The maximum absolute atomic E-state index is 3.87. The van der Waals surface area contributed by atoms with Gasteiger partial charge in [-0.15, -0.1) is 6.58 Å². The van der Waals surface area contributed by atoms with Crippen LogP contribution in [0, 0.1) is 11.3 Å². The highest BCUT2D eigenvalue weighted by molar-refractivity contribution is 5.49. The van der Waals surface area contributed by atoms with Gasteiger partial charge in [-0.05, 0) is 16.9 Å². The molecule has 1 atom stereocenters. The van der Waals surface area contributed by atoms with Crippen LogP contribution < -0.4 is 0 Å². The van der Waals surface area contributed by atoms with Crippen molar-refractivity contribution in [2.45, 2.75) is 20.8 Å². The summed E-state index contributed by atoms with van der Waals surface area (Å²) in [4.78, 5) is 0. The van der Waals surface area contributed by atoms with Crippen LogP contribution in [-0.2, 0) is 0 Å². The van der Waals surface area contributed by atoms with E-state index >= 15 is 0 Å². The molecule has 0 heterocycles. The molecule has 0 saturated carbocycles. The SMILES string of the molecule is C=CC(C)(C)C(C)C=Cc1ccccc1. The van der Waals surface area contributed by atoms with E-state index in [0.29, 0.717) is 5.92 Å². The quantitative estimate of drug-likeness (QED) is 0.625. The van der Waals surface area contributed by atoms with Crippen LogP contribution in [0.2, 0.25) is 0 Å². The smallest absolute Gasteiger partial charge is 0.0117 e. The van der Waals surface area contributed by atoms with Crippen molar-refractivity contribution in [1.29, 1.82) is 0 Å². The van der Waals surface area contributed by atoms with Crippen LogP contribution in [0.3, 0.4) is 0 Å². The largest absolute Gasteiger partial charge is 0.103 e. The van der Waals surface area contributed by atoms with Crippen LogP contribution in [0.5, 0.6) is 0 Å². The zero-order valence-electron chi connectivity index (χ0n) is 9.90. The van der Waals surface area contributed by atoms with Gasteiger partial charge < -0.3 is 0 Å². The van der Waals surface area contributed by atoms with Gasteiger partial charge in [-0.1, -0.05) is 69.3 Å². The molecule has 0 amide bonds. The Morgan fingerprint density at radius 3 is 2.33 bits per heavy atom. The summed E-state index contributed by atoms with van der Waals surface area (Å²) in [6.07, 6.45) is 6.44. The Hall–Kier alpha value is -1.30. The lowest BCUT2D eigenvalue weighted by Crippen LogP contribution is -2.16. The van der Waals surface area contributed by atoms with Crippen molar-refractivity contribution in [2.75, 3.05) is 0 Å². The first-order valence-electron chi connectivity index (χ1n) is 5.43. The molecule has 1 rings (SSSR count). The molecular weight excluding hydrogens is 180 g/mol. The van der Waals surface area contributed by atoms with Gasteiger partial charge in [-0.2, -0.15) is 0 Å². The number of hydrogen-bond acceptors (Lipinski definition) is 0. The minimum absolute atomic E-state index is 0.158. The van der Waals surface area contributed by atoms with Crippen molar-refractivity contribution in [3.63, 3.8) is 0 Å². The Labute approximate surface area is 93.3 Å². The Bertz CT molecular complexity index is 330. The summed E-state index contributed by atoms with van der Waals surface area (Å²) in [5.74, 6) is 0.496. The molecule has 0 nitrogen and oxygen atoms in total. The van der Waals surface area contributed by atoms with Gasteiger partial charge >= 0.3 is 0 Å². The predicted molar refractivity (Wildman–Crippen MR) is 68.6 cm³/mol. The first kappa shape index (κ1) is 11.8. The Kier molecular flexibility index (Phi) is 3.90. The third-order valence-electron chi connectivity index (χ3n) is 3.08. The van der Waals surface area contributed by atoms with Crippen molar-refractivity contribution >= 4 is 6.08 Å². The summed E-state index contributed by atoms with van der Waals surface area (Å²) in [5, 5.41) is 0. The number of hydrogen-bond donors (Lipinski definition) is 0. The Balaban J connectivity index is 2.70. The first-order chi connectivity index (χ1) is 7.06. The van der Waals surface area contributed by atoms with Crippen LogP contribution in [-0.4, -0.2) is 0 Å². The standard InChI is InChI=1S/C15H20/c1-5-15(3,4)13(2)11-12-14-9-7-6-8-10-14/h5-13H,1H2,2-4H3. The highest BCUT2D eigenvalue weighted by Gasteiger charge is 2.19. The van der Waals surface area contributed by atoms with Crippen LogP contribution in [0.25, 0.3) is 6.08 Å². The van der Waals surface area contributed by atoms with Gasteiger partial charge in [0.15, 0.2) is 0 Å². The van der Waals surface area contributed by atoms with Crippen molar-refractivity contribution in [2.24, 2.45) is 11.3 Å². The molecule has 0 spiro atoms. The van der Waals surface area contributed by atoms with Crippen LogP contribution in [0.4, 0.5) is 0 Å². The summed E-state index contributed by atoms with van der Waals surface area (Å²) in [5.41, 5.74) is 1.41. The molecule has 0 aliphatic rings. The fraction of sp³-hybridized carbons (Fsp3) is 0.333. The van der Waals surface area contributed by atoms with Crippen molar-refractivity contribution in [1.82, 2.24) is 0 Å². The maximum atomic E-state index is 3.87. The lowest BCUT2D eigenvalue weighted by molar-refractivity contribution is 0.370. The van der Waals surface area contributed by atoms with Crippen molar-refractivity contribution in [3.05, 3.63) is 54.6 Å². The van der Waals surface area contributed by atoms with Crippen LogP contribution in [0.15, 0.2) is 49.1 Å². The van der Waals surface area contributed by atoms with E-state index in [1.54, 1.807) is 0 Å². The van der Waals surface area contributed by atoms with Crippen LogP contribution in [0.1, 0.15) is 26.3 Å². The van der Waals surface area contributed by atoms with Gasteiger partial charge in [0.1, 0.15) is 0 Å². The number of allylic oxidation sites excluding steroid dienone is 2. The van der Waals surface area contributed by atoms with E-state index in [4.69, 9.17) is 0 Å². The number of rotatable bonds is 4. The van der Waals surface area contributed by atoms with E-state index in [9.17, 15) is 0 Å². The Morgan fingerprint density at radius 1 is 1.20 bits per heavy atom. The molecule has 0 fully saturated rings. The third-order valence-corrected chi connectivity index (χ3v) is 3.08. The van der Waals surface area contributed by atoms with Crippen molar-refractivity contribution < 1.29 is 0 Å². The summed E-state index contributed by atoms with van der Waals surface area (Å²) in [7, 11) is 0. The lowest BCUT2D eigenvalue weighted by Gasteiger charge is -2.25. The molecule has 0 aromatic heterocycles. The molecule has 0 bridgehead atoms. The molecule has 0 radical (unpaired) electrons. The molecule has 1 aromatic rings. The highest BCUT2D eigenvalue weighted by Crippen LogP contribution is 2.28. The van der Waals surface area contributed by atoms with Crippen molar-refractivity contribution in [3.8, 4) is 0 Å². The first-order valence-corrected chi connectivity index (χ1v) is 5.43. The molecular formula is C15H20. The minimum Gasteiger partial charge on any atom is -0.103 e. The fourth-order valence-corrected chi connectivity index (χ4v) is 1.25. The van der Waals surface area contributed by atoms with Gasteiger partial charge in [0, 0.05) is 0 Å². The summed E-state index contributed by atoms with van der Waals surface area (Å²) in [6.45, 7) is 10.5. The molecule has 0 N–H and O–H groups in total. The van der Waals surface area contributed by atoms with Gasteiger partial charge in [-0.25, -0.2) is 0 Å². The lowest BCUT2D eigenvalue weighted by atomic mass is 9.80. The Morgan fingerprint density at radius 2 is 1.80 bits per heavy atom. The van der Waals surface area contributed by atoms with E-state index in [1.807, 2.05) is 12.1 Å². The third kappa shape index (κ3) is 3.39. The van der Waals surface area contributed by atoms with E-state index in [-0.39, 0.29) is 5.41 Å². The van der Waals surface area contributed by atoms with Gasteiger partial charge in [-0.3, -0.25) is 0 Å². The van der Waals surface area contributed by atoms with Gasteiger partial charge in [0.2, 0.25) is 0 Å². The second-order valence-corrected chi connectivity index (χ2v) is 4.58. The van der Waals surface area contributed by atoms with Crippen LogP contribution >= 0.6 is 0 Å². The highest BCUT2D eigenvalue weighted by atomic mass is 14.2. The summed E-state index contributed by atoms with van der Waals surface area (Å²) in [6, 6.07) is 10.4. The monoisotopic (exact) mass is 200 g/mol. The molecule has 15 heavy (non-hydrogen) atoms. The molecule has 0 aliphatic heterocycles. The molecule has 0 aliphatic carbocycles. The van der Waals surface area contributed by atoms with Gasteiger partial charge in [0.25, 0.3) is 0 Å². The zero-order valence-corrected chi connectivity index (χ0v) is 9.90. The van der Waals surface area contributed by atoms with E-state index in [0.717, 1.165) is 0 Å². The summed E-state index contributed by atoms with van der Waals surface area (Å²) >= 11 is 0. The minimum atomic E-state index is 0.158. The van der Waals surface area contributed by atoms with E-state index < -0.39 is 0 Å². The van der Waals surface area contributed by atoms with E-state index in [1.165, 1.54) is 5.56 Å². The summed E-state index contributed by atoms with van der Waals surface area (Å²) < 4.78 is 0. The zero-order chi connectivity index (χ0) is 11.3. The molecule has 1 unspecified atom stereocenters. The van der Waals surface area contributed by atoms with E-state index in [2.05, 4.69) is 63.8 Å². The van der Waals surface area contributed by atoms with Gasteiger partial charge in [0.05, 0.1) is 0 Å². The molecule has 0 heteroatoms. The normalized spacial score (nSPS) is 14.1.